The number of carbonyl (C=O) groups is 2. The molecule has 11 atom stereocenters. The number of rotatable bonds is 2. The SMILES string of the molecule is CC1=C[C@@H]2[C@@H]3[C@@H]([C@@H](O)C(=O)[C@]24C(=O)N[C@@H](CC(C)C)[C@@H]4[C@@H]1C)[C@@]1(O)O[C@]3(C)CC[C@H]1O. The van der Waals surface area contributed by atoms with Gasteiger partial charge in [-0.1, -0.05) is 32.4 Å². The van der Waals surface area contributed by atoms with Crippen molar-refractivity contribution in [1.29, 1.82) is 0 Å². The maximum Gasteiger partial charge on any atom is 0.235 e. The number of allylic oxidation sites excluding steroid dienone is 2. The summed E-state index contributed by atoms with van der Waals surface area (Å²) < 4.78 is 6.07. The van der Waals surface area contributed by atoms with Crippen LogP contribution in [0.25, 0.3) is 0 Å². The van der Waals surface area contributed by atoms with Gasteiger partial charge in [0, 0.05) is 23.8 Å². The van der Waals surface area contributed by atoms with Gasteiger partial charge in [-0.15, -0.1) is 0 Å². The molecule has 0 aromatic heterocycles. The minimum absolute atomic E-state index is 0.00910. The van der Waals surface area contributed by atoms with Crippen molar-refractivity contribution in [3.63, 3.8) is 0 Å². The topological polar surface area (TPSA) is 116 Å². The maximum atomic E-state index is 14.0. The number of hydrogen-bond donors (Lipinski definition) is 4. The van der Waals surface area contributed by atoms with E-state index in [2.05, 4.69) is 26.1 Å². The quantitative estimate of drug-likeness (QED) is 0.384. The Balaban J connectivity index is 1.73. The van der Waals surface area contributed by atoms with Crippen molar-refractivity contribution >= 4 is 11.7 Å². The van der Waals surface area contributed by atoms with Gasteiger partial charge >= 0.3 is 0 Å². The molecule has 3 aliphatic heterocycles. The van der Waals surface area contributed by atoms with Gasteiger partial charge in [0.2, 0.25) is 5.91 Å². The first-order valence-corrected chi connectivity index (χ1v) is 11.7. The Labute approximate surface area is 183 Å². The van der Waals surface area contributed by atoms with Crippen molar-refractivity contribution in [2.24, 2.45) is 40.9 Å². The molecule has 5 rings (SSSR count). The molecule has 2 bridgehead atoms. The summed E-state index contributed by atoms with van der Waals surface area (Å²) in [7, 11) is 0. The largest absolute Gasteiger partial charge is 0.387 e. The van der Waals surface area contributed by atoms with E-state index in [1.165, 1.54) is 0 Å². The molecule has 3 heterocycles. The van der Waals surface area contributed by atoms with Gasteiger partial charge in [-0.05, 0) is 44.9 Å². The zero-order valence-corrected chi connectivity index (χ0v) is 19.0. The molecule has 2 aliphatic carbocycles. The van der Waals surface area contributed by atoms with Crippen LogP contribution in [0.3, 0.4) is 0 Å². The molecule has 0 aromatic rings. The van der Waals surface area contributed by atoms with Gasteiger partial charge in [0.05, 0.1) is 11.5 Å². The number of ketones is 1. The molecule has 1 spiro atoms. The molecule has 1 amide bonds. The lowest BCUT2D eigenvalue weighted by molar-refractivity contribution is -0.308. The van der Waals surface area contributed by atoms with Gasteiger partial charge in [0.1, 0.15) is 17.6 Å². The monoisotopic (exact) mass is 433 g/mol. The van der Waals surface area contributed by atoms with Gasteiger partial charge in [-0.25, -0.2) is 0 Å². The lowest BCUT2D eigenvalue weighted by Gasteiger charge is -2.54. The number of carbonyl (C=O) groups excluding carboxylic acids is 2. The van der Waals surface area contributed by atoms with Gasteiger partial charge in [0.25, 0.3) is 0 Å². The minimum atomic E-state index is -1.99. The third kappa shape index (κ3) is 2.39. The van der Waals surface area contributed by atoms with Crippen LogP contribution in [-0.2, 0) is 14.3 Å². The van der Waals surface area contributed by atoms with E-state index in [0.717, 1.165) is 12.0 Å². The minimum Gasteiger partial charge on any atom is -0.387 e. The van der Waals surface area contributed by atoms with E-state index in [4.69, 9.17) is 4.74 Å². The van der Waals surface area contributed by atoms with E-state index >= 15 is 0 Å². The summed E-state index contributed by atoms with van der Waals surface area (Å²) in [5.74, 6) is -4.62. The molecule has 0 aromatic carbocycles. The number of aliphatic hydroxyl groups excluding tert-OH is 2. The van der Waals surface area contributed by atoms with E-state index in [1.807, 2.05) is 19.9 Å². The van der Waals surface area contributed by atoms with Crippen LogP contribution in [0, 0.1) is 40.9 Å². The molecule has 172 valence electrons. The van der Waals surface area contributed by atoms with Crippen molar-refractivity contribution in [2.45, 2.75) is 83.5 Å². The van der Waals surface area contributed by atoms with E-state index < -0.39 is 52.5 Å². The van der Waals surface area contributed by atoms with Crippen molar-refractivity contribution in [3.05, 3.63) is 11.6 Å². The summed E-state index contributed by atoms with van der Waals surface area (Å²) in [6.45, 7) is 10.2. The molecule has 0 radical (unpaired) electrons. The number of fused-ring (bicyclic) bond motifs is 6. The molecular weight excluding hydrogens is 398 g/mol. The lowest BCUT2D eigenvalue weighted by Crippen LogP contribution is -2.67. The number of ether oxygens (including phenoxy) is 1. The summed E-state index contributed by atoms with van der Waals surface area (Å²) in [6.07, 6.45) is 0.870. The Morgan fingerprint density at radius 2 is 1.90 bits per heavy atom. The second-order valence-corrected chi connectivity index (χ2v) is 11.4. The molecular formula is C24H35NO6. The molecule has 1 saturated carbocycles. The van der Waals surface area contributed by atoms with Crippen LogP contribution < -0.4 is 5.32 Å². The highest BCUT2D eigenvalue weighted by Gasteiger charge is 2.79. The van der Waals surface area contributed by atoms with Crippen LogP contribution in [0.4, 0.5) is 0 Å². The highest BCUT2D eigenvalue weighted by atomic mass is 16.7. The first-order chi connectivity index (χ1) is 14.4. The second kappa shape index (κ2) is 6.40. The Bertz CT molecular complexity index is 870. The fraction of sp³-hybridized carbons (Fsp3) is 0.833. The third-order valence-corrected chi connectivity index (χ3v) is 9.36. The third-order valence-electron chi connectivity index (χ3n) is 9.36. The van der Waals surface area contributed by atoms with Crippen molar-refractivity contribution in [2.75, 3.05) is 0 Å². The van der Waals surface area contributed by atoms with Gasteiger partial charge in [-0.3, -0.25) is 9.59 Å². The van der Waals surface area contributed by atoms with Crippen molar-refractivity contribution < 1.29 is 29.6 Å². The van der Waals surface area contributed by atoms with E-state index in [9.17, 15) is 24.9 Å². The maximum absolute atomic E-state index is 14.0. The zero-order valence-electron chi connectivity index (χ0n) is 19.0. The Kier molecular flexibility index (Phi) is 4.45. The van der Waals surface area contributed by atoms with Gasteiger partial charge < -0.3 is 25.4 Å². The second-order valence-electron chi connectivity index (χ2n) is 11.4. The summed E-state index contributed by atoms with van der Waals surface area (Å²) in [5.41, 5.74) is -1.09. The molecule has 7 nitrogen and oxygen atoms in total. The fourth-order valence-electron chi connectivity index (χ4n) is 8.07. The van der Waals surface area contributed by atoms with Gasteiger partial charge in [-0.2, -0.15) is 0 Å². The Morgan fingerprint density at radius 3 is 2.55 bits per heavy atom. The van der Waals surface area contributed by atoms with E-state index in [1.54, 1.807) is 0 Å². The zero-order chi connectivity index (χ0) is 22.7. The molecule has 0 unspecified atom stereocenters. The van der Waals surface area contributed by atoms with E-state index in [-0.39, 0.29) is 23.8 Å². The van der Waals surface area contributed by atoms with Crippen molar-refractivity contribution in [3.8, 4) is 0 Å². The number of hydrogen-bond acceptors (Lipinski definition) is 6. The first kappa shape index (κ1) is 21.6. The Morgan fingerprint density at radius 1 is 1.23 bits per heavy atom. The van der Waals surface area contributed by atoms with Crippen LogP contribution in [0.2, 0.25) is 0 Å². The van der Waals surface area contributed by atoms with E-state index in [0.29, 0.717) is 18.8 Å². The smallest absolute Gasteiger partial charge is 0.235 e. The normalized spacial score (nSPS) is 55.5. The van der Waals surface area contributed by atoms with Crippen LogP contribution in [0.15, 0.2) is 11.6 Å². The summed E-state index contributed by atoms with van der Waals surface area (Å²) in [5, 5.41) is 36.3. The average molecular weight is 434 g/mol. The lowest BCUT2D eigenvalue weighted by atomic mass is 9.45. The van der Waals surface area contributed by atoms with Crippen LogP contribution in [0.5, 0.6) is 0 Å². The number of amides is 1. The average Bonchev–Trinajstić information content (AvgIpc) is 3.07. The van der Waals surface area contributed by atoms with Crippen LogP contribution in [-0.4, -0.2) is 56.6 Å². The summed E-state index contributed by atoms with van der Waals surface area (Å²) in [4.78, 5) is 27.6. The van der Waals surface area contributed by atoms with Crippen LogP contribution in [0.1, 0.15) is 53.9 Å². The standard InChI is InChI=1S/C24H35NO6/c1-10(2)8-14-16-12(4)11(3)9-13-17-18(19(27)20(28)23(13,16)21(29)25-14)24(30)15(26)6-7-22(17,5)31-24/h9-10,12-19,26-27,30H,6-8H2,1-5H3,(H,25,29)/t12-,13-,14+,15-,16+,17-,18+,19-,22-,23+,24+/m1/s1. The number of aliphatic hydroxyl groups is 3. The Hall–Kier alpha value is -1.28. The first-order valence-electron chi connectivity index (χ1n) is 11.7. The molecule has 4 fully saturated rings. The molecule has 31 heavy (non-hydrogen) atoms. The molecule has 7 heteroatoms. The molecule has 3 saturated heterocycles. The highest BCUT2D eigenvalue weighted by Crippen LogP contribution is 2.68. The molecule has 4 N–H and O–H groups in total. The molecule has 5 aliphatic rings. The van der Waals surface area contributed by atoms with Crippen LogP contribution >= 0.6 is 0 Å². The van der Waals surface area contributed by atoms with Crippen molar-refractivity contribution in [1.82, 2.24) is 5.32 Å². The predicted molar refractivity (Wildman–Crippen MR) is 111 cm³/mol. The van der Waals surface area contributed by atoms with Gasteiger partial charge in [0.15, 0.2) is 11.6 Å². The highest BCUT2D eigenvalue weighted by molar-refractivity contribution is 6.11. The number of nitrogens with one attached hydrogen (secondary N) is 1. The summed E-state index contributed by atoms with van der Waals surface area (Å²) in [6, 6.07) is -0.149. The number of Topliss-reactive ketones (excluding diaryl/α,β-unsaturated/α-hetero) is 1. The predicted octanol–water partition coefficient (Wildman–Crippen LogP) is 1.15. The fourth-order valence-corrected chi connectivity index (χ4v) is 8.07. The summed E-state index contributed by atoms with van der Waals surface area (Å²) >= 11 is 0.